The number of phenols is 1. The number of carbonyl (C=O) groups excluding carboxylic acids is 3. The third-order valence-electron chi connectivity index (χ3n) is 4.59. The smallest absolute Gasteiger partial charge is 0.353 e. The van der Waals surface area contributed by atoms with E-state index in [9.17, 15) is 19.5 Å². The van der Waals surface area contributed by atoms with Crippen molar-refractivity contribution in [2.24, 2.45) is 0 Å². The van der Waals surface area contributed by atoms with Crippen LogP contribution in [-0.4, -0.2) is 34.9 Å². The van der Waals surface area contributed by atoms with Crippen LogP contribution >= 0.6 is 0 Å². The van der Waals surface area contributed by atoms with Crippen LogP contribution in [0.4, 0.5) is 5.69 Å². The Morgan fingerprint density at radius 3 is 2.55 bits per heavy atom. The second-order valence-electron chi connectivity index (χ2n) is 6.37. The number of ether oxygens (including phenoxy) is 1. The van der Waals surface area contributed by atoms with E-state index in [1.54, 1.807) is 24.3 Å². The Kier molecular flexibility index (Phi) is 5.10. The number of fused-ring (bicyclic) bond motifs is 1. The number of benzene rings is 2. The maximum Gasteiger partial charge on any atom is 0.353 e. The number of anilines is 1. The number of nitrogens with one attached hydrogen (secondary N) is 1. The first-order valence-corrected chi connectivity index (χ1v) is 8.54. The van der Waals surface area contributed by atoms with Gasteiger partial charge in [-0.1, -0.05) is 31.4 Å². The molecule has 0 saturated heterocycles. The van der Waals surface area contributed by atoms with Crippen LogP contribution in [0, 0.1) is 0 Å². The van der Waals surface area contributed by atoms with Crippen molar-refractivity contribution in [1.29, 1.82) is 0 Å². The van der Waals surface area contributed by atoms with Crippen LogP contribution in [0.3, 0.4) is 0 Å². The van der Waals surface area contributed by atoms with Crippen molar-refractivity contribution in [3.63, 3.8) is 0 Å². The lowest BCUT2D eigenvalue weighted by Crippen LogP contribution is -2.36. The lowest BCUT2D eigenvalue weighted by molar-refractivity contribution is -0.137. The number of nitrogens with two attached hydrogens (primary N) is 1. The van der Waals surface area contributed by atoms with E-state index in [-0.39, 0.29) is 29.4 Å². The van der Waals surface area contributed by atoms with E-state index in [0.29, 0.717) is 11.1 Å². The number of aromatic hydroxyl groups is 1. The molecule has 1 aliphatic heterocycles. The van der Waals surface area contributed by atoms with Gasteiger partial charge in [-0.15, -0.1) is 0 Å². The number of hydrogen-bond acceptors (Lipinski definition) is 6. The van der Waals surface area contributed by atoms with E-state index in [1.165, 1.54) is 11.0 Å². The van der Waals surface area contributed by atoms with E-state index in [1.807, 2.05) is 6.07 Å². The third-order valence-corrected chi connectivity index (χ3v) is 4.59. The van der Waals surface area contributed by atoms with Crippen molar-refractivity contribution in [3.05, 3.63) is 72.1 Å². The maximum atomic E-state index is 12.8. The van der Waals surface area contributed by atoms with E-state index in [0.717, 1.165) is 18.2 Å². The quantitative estimate of drug-likeness (QED) is 0.309. The molecule has 29 heavy (non-hydrogen) atoms. The number of hydrogen-bond donors (Lipinski definition) is 3. The number of amides is 2. The highest BCUT2D eigenvalue weighted by molar-refractivity contribution is 6.07. The number of rotatable bonds is 5. The number of nitrogens with zero attached hydrogens (tertiary/aromatic N) is 1. The predicted octanol–water partition coefficient (Wildman–Crippen LogP) is 1.91. The molecule has 0 atom stereocenters. The minimum absolute atomic E-state index is 0.0325. The Balaban J connectivity index is 1.88. The summed E-state index contributed by atoms with van der Waals surface area (Å²) in [6, 6.07) is 9.98. The summed E-state index contributed by atoms with van der Waals surface area (Å²) in [6.07, 6.45) is 0. The van der Waals surface area contributed by atoms with Gasteiger partial charge in [0.1, 0.15) is 17.1 Å². The van der Waals surface area contributed by atoms with Gasteiger partial charge >= 0.3 is 5.97 Å². The molecule has 2 aromatic carbocycles. The van der Waals surface area contributed by atoms with Crippen LogP contribution in [0.15, 0.2) is 61.0 Å². The van der Waals surface area contributed by atoms with Gasteiger partial charge in [0.15, 0.2) is 0 Å². The van der Waals surface area contributed by atoms with Gasteiger partial charge < -0.3 is 20.9 Å². The Morgan fingerprint density at radius 1 is 1.21 bits per heavy atom. The number of esters is 1. The number of phenolic OH excluding ortho intramolecular Hbond substituents is 1. The summed E-state index contributed by atoms with van der Waals surface area (Å²) in [5, 5.41) is 11.9. The molecule has 1 aliphatic rings. The van der Waals surface area contributed by atoms with Gasteiger partial charge in [-0.3, -0.25) is 14.5 Å². The summed E-state index contributed by atoms with van der Waals surface area (Å²) >= 11 is 0. The van der Waals surface area contributed by atoms with E-state index < -0.39 is 17.8 Å². The molecule has 4 N–H and O–H groups in total. The molecule has 1 heterocycles. The molecule has 0 spiro atoms. The Hall–Kier alpha value is -4.07. The fourth-order valence-corrected chi connectivity index (χ4v) is 3.05. The molecule has 0 saturated carbocycles. The van der Waals surface area contributed by atoms with Gasteiger partial charge in [0.25, 0.3) is 11.8 Å². The number of nitrogen functional groups attached to an aromatic ring is 1. The van der Waals surface area contributed by atoms with Crippen LogP contribution < -0.4 is 11.1 Å². The predicted molar refractivity (Wildman–Crippen MR) is 106 cm³/mol. The normalized spacial score (nSPS) is 12.3. The highest BCUT2D eigenvalue weighted by Gasteiger charge is 2.33. The van der Waals surface area contributed by atoms with Crippen LogP contribution in [0.2, 0.25) is 0 Å². The maximum absolute atomic E-state index is 12.8. The molecular formula is C21H19N3O5. The monoisotopic (exact) mass is 393 g/mol. The molecule has 0 fully saturated rings. The Morgan fingerprint density at radius 2 is 1.90 bits per heavy atom. The third kappa shape index (κ3) is 3.55. The molecule has 8 nitrogen and oxygen atoms in total. The SMILES string of the molecule is C=C(NC(=O)C(=C)N1Cc2c(cccc2-c2ccc(O)c(N)c2)C1=O)C(=O)OC. The molecule has 8 heteroatoms. The summed E-state index contributed by atoms with van der Waals surface area (Å²) in [5.41, 5.74) is 8.20. The fraction of sp³-hybridized carbons (Fsp3) is 0.0952. The lowest BCUT2D eigenvalue weighted by Gasteiger charge is -2.18. The van der Waals surface area contributed by atoms with E-state index >= 15 is 0 Å². The molecule has 0 aromatic heterocycles. The molecular weight excluding hydrogens is 374 g/mol. The van der Waals surface area contributed by atoms with Crippen molar-refractivity contribution in [2.45, 2.75) is 6.54 Å². The average molecular weight is 393 g/mol. The van der Waals surface area contributed by atoms with Crippen molar-refractivity contribution < 1.29 is 24.2 Å². The molecule has 0 bridgehead atoms. The zero-order valence-electron chi connectivity index (χ0n) is 15.7. The van der Waals surface area contributed by atoms with E-state index in [2.05, 4.69) is 23.2 Å². The summed E-state index contributed by atoms with van der Waals surface area (Å²) in [6.45, 7) is 7.22. The molecule has 2 aromatic rings. The second-order valence-corrected chi connectivity index (χ2v) is 6.37. The summed E-state index contributed by atoms with van der Waals surface area (Å²) < 4.78 is 4.48. The van der Waals surface area contributed by atoms with Crippen molar-refractivity contribution in [3.8, 4) is 16.9 Å². The van der Waals surface area contributed by atoms with Gasteiger partial charge in [-0.2, -0.15) is 0 Å². The summed E-state index contributed by atoms with van der Waals surface area (Å²) in [7, 11) is 1.16. The molecule has 0 aliphatic carbocycles. The lowest BCUT2D eigenvalue weighted by atomic mass is 9.96. The molecule has 0 unspecified atom stereocenters. The summed E-state index contributed by atoms with van der Waals surface area (Å²) in [4.78, 5) is 37.8. The van der Waals surface area contributed by atoms with Gasteiger partial charge in [-0.05, 0) is 34.9 Å². The summed E-state index contributed by atoms with van der Waals surface area (Å²) in [5.74, 6) is -1.96. The topological polar surface area (TPSA) is 122 Å². The second kappa shape index (κ2) is 7.51. The average Bonchev–Trinajstić information content (AvgIpc) is 3.05. The number of methoxy groups -OCH3 is 1. The minimum Gasteiger partial charge on any atom is -0.506 e. The fourth-order valence-electron chi connectivity index (χ4n) is 3.05. The van der Waals surface area contributed by atoms with Crippen molar-refractivity contribution in [1.82, 2.24) is 10.2 Å². The molecule has 0 radical (unpaired) electrons. The van der Waals surface area contributed by atoms with Crippen LogP contribution in [0.25, 0.3) is 11.1 Å². The van der Waals surface area contributed by atoms with Gasteiger partial charge in [0.2, 0.25) is 0 Å². The minimum atomic E-state index is -0.797. The highest BCUT2D eigenvalue weighted by atomic mass is 16.5. The first-order chi connectivity index (χ1) is 13.7. The first-order valence-electron chi connectivity index (χ1n) is 8.54. The van der Waals surface area contributed by atoms with E-state index in [4.69, 9.17) is 5.73 Å². The van der Waals surface area contributed by atoms with Gasteiger partial charge in [0.05, 0.1) is 19.3 Å². The largest absolute Gasteiger partial charge is 0.506 e. The Labute approximate surface area is 166 Å². The van der Waals surface area contributed by atoms with Gasteiger partial charge in [0, 0.05) is 5.56 Å². The zero-order chi connectivity index (χ0) is 21.3. The van der Waals surface area contributed by atoms with Gasteiger partial charge in [-0.25, -0.2) is 4.79 Å². The Bertz CT molecular complexity index is 1070. The number of carbonyl (C=O) groups is 3. The highest BCUT2D eigenvalue weighted by Crippen LogP contribution is 2.36. The standard InChI is InChI=1S/C21H19N3O5/c1-11(21(28)29-3)23-19(26)12(2)24-10-16-14(5-4-6-15(16)20(24)27)13-7-8-18(25)17(22)9-13/h4-9,25H,1-2,10,22H2,3H3,(H,23,26). The van der Waals surface area contributed by atoms with Crippen LogP contribution in [0.5, 0.6) is 5.75 Å². The molecule has 148 valence electrons. The first kappa shape index (κ1) is 19.7. The van der Waals surface area contributed by atoms with Crippen LogP contribution in [-0.2, 0) is 20.9 Å². The van der Waals surface area contributed by atoms with Crippen molar-refractivity contribution >= 4 is 23.5 Å². The molecule has 2 amide bonds. The zero-order valence-corrected chi connectivity index (χ0v) is 15.7. The molecule has 3 rings (SSSR count). The van der Waals surface area contributed by atoms with Crippen molar-refractivity contribution in [2.75, 3.05) is 12.8 Å². The van der Waals surface area contributed by atoms with Crippen LogP contribution in [0.1, 0.15) is 15.9 Å².